The molecule has 5 nitrogen and oxygen atoms in total. The molecule has 2 atom stereocenters. The van der Waals surface area contributed by atoms with Gasteiger partial charge < -0.3 is 4.84 Å². The molecule has 1 aliphatic heterocycles. The van der Waals surface area contributed by atoms with Crippen molar-refractivity contribution < 1.29 is 14.8 Å². The van der Waals surface area contributed by atoms with Gasteiger partial charge in [-0.15, -0.1) is 0 Å². The second kappa shape index (κ2) is 7.22. The normalized spacial score (nSPS) is 18.8. The largest absolute Gasteiger partial charge is 0.392 e. The van der Waals surface area contributed by atoms with E-state index in [9.17, 15) is 4.79 Å². The fraction of sp³-hybridized carbons (Fsp3) is 0.500. The fourth-order valence-electron chi connectivity index (χ4n) is 2.49. The first-order chi connectivity index (χ1) is 10.1. The number of hydrogen-bond acceptors (Lipinski definition) is 4. The minimum atomic E-state index is -0.393. The summed E-state index contributed by atoms with van der Waals surface area (Å²) < 4.78 is 0. The molecule has 0 unspecified atom stereocenters. The number of carbonyl (C=O) groups excluding carboxylic acids is 1. The number of hydrogen-bond donors (Lipinski definition) is 2. The monoisotopic (exact) mass is 290 g/mol. The molecule has 1 heterocycles. The Kier molecular flexibility index (Phi) is 5.33. The summed E-state index contributed by atoms with van der Waals surface area (Å²) in [5.74, 6) is -0.697. The van der Waals surface area contributed by atoms with Gasteiger partial charge in [-0.2, -0.15) is 0 Å². The van der Waals surface area contributed by atoms with E-state index in [1.807, 2.05) is 0 Å². The summed E-state index contributed by atoms with van der Waals surface area (Å²) in [6.07, 6.45) is 3.34. The summed E-state index contributed by atoms with van der Waals surface area (Å²) in [5.41, 5.74) is 4.98. The van der Waals surface area contributed by atoms with Crippen molar-refractivity contribution in [1.29, 1.82) is 0 Å². The van der Waals surface area contributed by atoms with Crippen LogP contribution in [0, 0.1) is 5.92 Å². The average molecular weight is 290 g/mol. The van der Waals surface area contributed by atoms with E-state index in [-0.39, 0.29) is 12.0 Å². The predicted octanol–water partition coefficient (Wildman–Crippen LogP) is 2.66. The summed E-state index contributed by atoms with van der Waals surface area (Å²) >= 11 is 0. The second-order valence-corrected chi connectivity index (χ2v) is 5.53. The number of oxime groups is 1. The molecule has 0 aliphatic carbocycles. The maximum atomic E-state index is 11.3. The highest BCUT2D eigenvalue weighted by molar-refractivity contribution is 6.01. The van der Waals surface area contributed by atoms with E-state index in [2.05, 4.69) is 36.3 Å². The molecule has 0 aromatic heterocycles. The lowest BCUT2D eigenvalue weighted by atomic mass is 9.97. The van der Waals surface area contributed by atoms with E-state index in [4.69, 9.17) is 10.0 Å². The molecule has 0 saturated carbocycles. The van der Waals surface area contributed by atoms with Crippen molar-refractivity contribution in [3.05, 3.63) is 35.4 Å². The molecule has 2 rings (SSSR count). The van der Waals surface area contributed by atoms with Gasteiger partial charge in [-0.3, -0.25) is 10.0 Å². The Morgan fingerprint density at radius 3 is 2.81 bits per heavy atom. The molecular formula is C16H22N2O3. The number of hydroxylamine groups is 1. The molecule has 1 amide bonds. The lowest BCUT2D eigenvalue weighted by Crippen LogP contribution is -2.28. The molecule has 0 bridgehead atoms. The molecule has 1 aromatic carbocycles. The molecule has 21 heavy (non-hydrogen) atoms. The lowest BCUT2D eigenvalue weighted by molar-refractivity contribution is -0.134. The van der Waals surface area contributed by atoms with Gasteiger partial charge in [-0.1, -0.05) is 49.7 Å². The summed E-state index contributed by atoms with van der Waals surface area (Å²) in [6.45, 7) is 3.92. The first-order valence-corrected chi connectivity index (χ1v) is 7.40. The first kappa shape index (κ1) is 15.5. The summed E-state index contributed by atoms with van der Waals surface area (Å²) in [5, 5.41) is 12.7. The van der Waals surface area contributed by atoms with Crippen LogP contribution >= 0.6 is 0 Å². The minimum absolute atomic E-state index is 0.109. The average Bonchev–Trinajstić information content (AvgIpc) is 2.96. The third kappa shape index (κ3) is 4.04. The number of amides is 1. The van der Waals surface area contributed by atoms with Gasteiger partial charge in [0, 0.05) is 12.3 Å². The van der Waals surface area contributed by atoms with Crippen LogP contribution in [-0.2, 0) is 16.1 Å². The van der Waals surface area contributed by atoms with E-state index in [0.29, 0.717) is 12.8 Å². The van der Waals surface area contributed by atoms with Gasteiger partial charge in [-0.25, -0.2) is 5.48 Å². The zero-order chi connectivity index (χ0) is 15.2. The highest BCUT2D eigenvalue weighted by Crippen LogP contribution is 2.22. The molecular weight excluding hydrogens is 268 g/mol. The van der Waals surface area contributed by atoms with Crippen LogP contribution in [0.25, 0.3) is 0 Å². The number of rotatable bonds is 6. The third-order valence-corrected chi connectivity index (χ3v) is 3.73. The van der Waals surface area contributed by atoms with Crippen LogP contribution < -0.4 is 5.48 Å². The molecule has 0 spiro atoms. The Labute approximate surface area is 124 Å². The first-order valence-electron chi connectivity index (χ1n) is 7.40. The Balaban J connectivity index is 1.91. The van der Waals surface area contributed by atoms with Crippen molar-refractivity contribution in [2.45, 2.75) is 45.6 Å². The molecule has 5 heteroatoms. The van der Waals surface area contributed by atoms with E-state index in [1.54, 1.807) is 12.4 Å². The van der Waals surface area contributed by atoms with Gasteiger partial charge in [0.2, 0.25) is 5.91 Å². The van der Waals surface area contributed by atoms with Crippen LogP contribution in [0.5, 0.6) is 0 Å². The van der Waals surface area contributed by atoms with Crippen molar-refractivity contribution in [2.24, 2.45) is 11.1 Å². The van der Waals surface area contributed by atoms with Crippen molar-refractivity contribution in [2.75, 3.05) is 0 Å². The van der Waals surface area contributed by atoms with Crippen molar-refractivity contribution in [3.8, 4) is 0 Å². The number of nitrogens with zero attached hydrogens (tertiary/aromatic N) is 1. The predicted molar refractivity (Wildman–Crippen MR) is 80.2 cm³/mol. The Bertz CT molecular complexity index is 511. The second-order valence-electron chi connectivity index (χ2n) is 5.53. The fourth-order valence-corrected chi connectivity index (χ4v) is 2.49. The molecule has 1 aliphatic rings. The molecule has 0 saturated heterocycles. The summed E-state index contributed by atoms with van der Waals surface area (Å²) in [7, 11) is 0. The van der Waals surface area contributed by atoms with Crippen molar-refractivity contribution >= 4 is 11.6 Å². The topological polar surface area (TPSA) is 70.9 Å². The Morgan fingerprint density at radius 2 is 2.19 bits per heavy atom. The summed E-state index contributed by atoms with van der Waals surface area (Å²) in [6, 6.07) is 8.38. The van der Waals surface area contributed by atoms with Gasteiger partial charge in [-0.05, 0) is 24.0 Å². The van der Waals surface area contributed by atoms with E-state index < -0.39 is 5.91 Å². The molecule has 114 valence electrons. The van der Waals surface area contributed by atoms with Gasteiger partial charge >= 0.3 is 0 Å². The molecule has 2 N–H and O–H groups in total. The van der Waals surface area contributed by atoms with Crippen LogP contribution in [0.4, 0.5) is 0 Å². The van der Waals surface area contributed by atoms with Crippen molar-refractivity contribution in [3.63, 3.8) is 0 Å². The van der Waals surface area contributed by atoms with Gasteiger partial charge in [0.05, 0.1) is 5.71 Å². The Morgan fingerprint density at radius 1 is 1.48 bits per heavy atom. The number of carbonyl (C=O) groups is 1. The SMILES string of the molecule is CCCc1ccc(C2=NO[C@@H](C[C@H](C)C(=O)NO)C2)cc1. The quantitative estimate of drug-likeness (QED) is 0.625. The van der Waals surface area contributed by atoms with E-state index in [0.717, 1.165) is 24.1 Å². The lowest BCUT2D eigenvalue weighted by Gasteiger charge is -2.12. The molecule has 0 radical (unpaired) electrons. The number of aryl methyl sites for hydroxylation is 1. The standard InChI is InChI=1S/C16H22N2O3/c1-3-4-12-5-7-13(8-6-12)15-10-14(21-18-15)9-11(2)16(19)17-20/h5-8,11,14,20H,3-4,9-10H2,1-2H3,(H,17,19)/t11-,14-/m0/s1. The minimum Gasteiger partial charge on any atom is -0.392 e. The number of benzene rings is 1. The maximum absolute atomic E-state index is 11.3. The van der Waals surface area contributed by atoms with Gasteiger partial charge in [0.15, 0.2) is 0 Å². The zero-order valence-electron chi connectivity index (χ0n) is 12.5. The van der Waals surface area contributed by atoms with Crippen LogP contribution in [-0.4, -0.2) is 22.9 Å². The Hall–Kier alpha value is -1.88. The highest BCUT2D eigenvalue weighted by Gasteiger charge is 2.26. The molecule has 0 fully saturated rings. The van der Waals surface area contributed by atoms with Gasteiger partial charge in [0.25, 0.3) is 0 Å². The van der Waals surface area contributed by atoms with Gasteiger partial charge in [0.1, 0.15) is 6.10 Å². The smallest absolute Gasteiger partial charge is 0.246 e. The van der Waals surface area contributed by atoms with Crippen LogP contribution in [0.1, 0.15) is 44.2 Å². The molecule has 1 aromatic rings. The van der Waals surface area contributed by atoms with Crippen LogP contribution in [0.2, 0.25) is 0 Å². The zero-order valence-corrected chi connectivity index (χ0v) is 12.5. The highest BCUT2D eigenvalue weighted by atomic mass is 16.6. The van der Waals surface area contributed by atoms with Crippen LogP contribution in [0.3, 0.4) is 0 Å². The third-order valence-electron chi connectivity index (χ3n) is 3.73. The van der Waals surface area contributed by atoms with Crippen LogP contribution in [0.15, 0.2) is 29.4 Å². The number of nitrogens with one attached hydrogen (secondary N) is 1. The van der Waals surface area contributed by atoms with Crippen molar-refractivity contribution in [1.82, 2.24) is 5.48 Å². The van der Waals surface area contributed by atoms with E-state index in [1.165, 1.54) is 5.56 Å². The van der Waals surface area contributed by atoms with E-state index >= 15 is 0 Å². The maximum Gasteiger partial charge on any atom is 0.246 e. The summed E-state index contributed by atoms with van der Waals surface area (Å²) in [4.78, 5) is 16.7.